The first-order valence-corrected chi connectivity index (χ1v) is 7.64. The molecule has 0 aromatic carbocycles. The van der Waals surface area contributed by atoms with Crippen LogP contribution in [0.25, 0.3) is 0 Å². The molecule has 1 fully saturated rings. The molecule has 5 nitrogen and oxygen atoms in total. The lowest BCUT2D eigenvalue weighted by Crippen LogP contribution is -2.16. The largest absolute Gasteiger partial charge is 0.344 e. The Morgan fingerprint density at radius 3 is 2.76 bits per heavy atom. The third-order valence-electron chi connectivity index (χ3n) is 4.49. The summed E-state index contributed by atoms with van der Waals surface area (Å²) in [5.74, 6) is 1.06. The van der Waals surface area contributed by atoms with Gasteiger partial charge in [0.15, 0.2) is 5.82 Å². The number of hydrogen-bond donors (Lipinski definition) is 2. The fourth-order valence-electron chi connectivity index (χ4n) is 3.04. The monoisotopic (exact) mass is 286 g/mol. The molecule has 21 heavy (non-hydrogen) atoms. The number of nitrogens with zero attached hydrogens (tertiary/aromatic N) is 2. The number of amides is 1. The maximum atomic E-state index is 12.2. The molecule has 1 aliphatic carbocycles. The van der Waals surface area contributed by atoms with E-state index in [-0.39, 0.29) is 5.91 Å². The highest BCUT2D eigenvalue weighted by Gasteiger charge is 2.19. The predicted molar refractivity (Wildman–Crippen MR) is 82.5 cm³/mol. The molecular weight excluding hydrogens is 264 g/mol. The zero-order valence-electron chi connectivity index (χ0n) is 12.6. The average Bonchev–Trinajstić information content (AvgIpc) is 3.08. The van der Waals surface area contributed by atoms with Crippen molar-refractivity contribution in [3.63, 3.8) is 0 Å². The summed E-state index contributed by atoms with van der Waals surface area (Å²) in [5.41, 5.74) is 2.85. The van der Waals surface area contributed by atoms with E-state index in [1.807, 2.05) is 36.7 Å². The predicted octanol–water partition coefficient (Wildman–Crippen LogP) is 3.36. The lowest BCUT2D eigenvalue weighted by atomic mass is 9.87. The zero-order chi connectivity index (χ0) is 14.8. The minimum Gasteiger partial charge on any atom is -0.344 e. The Kier molecular flexibility index (Phi) is 3.82. The van der Waals surface area contributed by atoms with Crippen molar-refractivity contribution in [2.24, 2.45) is 7.05 Å². The Labute approximate surface area is 124 Å². The van der Waals surface area contributed by atoms with Gasteiger partial charge in [-0.2, -0.15) is 5.10 Å². The number of H-pyrrole nitrogens is 1. The Morgan fingerprint density at radius 1 is 1.33 bits per heavy atom. The minimum absolute atomic E-state index is 0.118. The van der Waals surface area contributed by atoms with Gasteiger partial charge in [-0.15, -0.1) is 0 Å². The molecule has 1 saturated carbocycles. The van der Waals surface area contributed by atoms with E-state index in [9.17, 15) is 4.79 Å². The molecule has 112 valence electrons. The highest BCUT2D eigenvalue weighted by Crippen LogP contribution is 2.32. The van der Waals surface area contributed by atoms with Gasteiger partial charge in [0.1, 0.15) is 5.69 Å². The Balaban J connectivity index is 1.69. The number of anilines is 1. The van der Waals surface area contributed by atoms with Gasteiger partial charge in [0.2, 0.25) is 0 Å². The number of hydrogen-bond acceptors (Lipinski definition) is 2. The van der Waals surface area contributed by atoms with Gasteiger partial charge in [0, 0.05) is 30.4 Å². The Hall–Kier alpha value is -2.04. The number of aryl methyl sites for hydroxylation is 1. The van der Waals surface area contributed by atoms with Gasteiger partial charge in [-0.25, -0.2) is 0 Å². The smallest absolute Gasteiger partial charge is 0.273 e. The second kappa shape index (κ2) is 5.76. The van der Waals surface area contributed by atoms with E-state index in [0.717, 1.165) is 11.4 Å². The number of rotatable bonds is 3. The molecular formula is C16H22N4O. The summed E-state index contributed by atoms with van der Waals surface area (Å²) in [7, 11) is 1.89. The lowest BCUT2D eigenvalue weighted by molar-refractivity contribution is 0.101. The van der Waals surface area contributed by atoms with Crippen molar-refractivity contribution in [2.45, 2.75) is 44.9 Å². The second-order valence-electron chi connectivity index (χ2n) is 5.92. The molecule has 0 atom stereocenters. The maximum absolute atomic E-state index is 12.2. The van der Waals surface area contributed by atoms with E-state index in [1.54, 1.807) is 0 Å². The van der Waals surface area contributed by atoms with Crippen molar-refractivity contribution in [3.05, 3.63) is 35.3 Å². The molecule has 5 heteroatoms. The maximum Gasteiger partial charge on any atom is 0.273 e. The third-order valence-corrected chi connectivity index (χ3v) is 4.49. The number of nitrogens with one attached hydrogen (secondary N) is 2. The van der Waals surface area contributed by atoms with Gasteiger partial charge in [-0.3, -0.25) is 9.89 Å². The van der Waals surface area contributed by atoms with E-state index in [0.29, 0.717) is 17.4 Å². The van der Waals surface area contributed by atoms with Crippen LogP contribution in [0.2, 0.25) is 0 Å². The number of carbonyl (C=O) groups excluding carboxylic acids is 1. The Morgan fingerprint density at radius 2 is 2.10 bits per heavy atom. The van der Waals surface area contributed by atoms with Crippen molar-refractivity contribution in [1.82, 2.24) is 14.8 Å². The first kappa shape index (κ1) is 13.9. The molecule has 0 bridgehead atoms. The van der Waals surface area contributed by atoms with Crippen LogP contribution in [-0.4, -0.2) is 20.7 Å². The molecule has 2 aromatic heterocycles. The summed E-state index contributed by atoms with van der Waals surface area (Å²) in [6.45, 7) is 1.98. The zero-order valence-corrected chi connectivity index (χ0v) is 12.6. The Bertz CT molecular complexity index is 634. The summed E-state index contributed by atoms with van der Waals surface area (Å²) >= 11 is 0. The molecule has 2 aromatic rings. The van der Waals surface area contributed by atoms with Crippen molar-refractivity contribution in [3.8, 4) is 0 Å². The van der Waals surface area contributed by atoms with Crippen molar-refractivity contribution in [2.75, 3.05) is 5.32 Å². The average molecular weight is 286 g/mol. The highest BCUT2D eigenvalue weighted by molar-refractivity contribution is 6.02. The standard InChI is InChI=1S/C16H22N4O/c1-11-8-9-14(20(11)2)16(21)17-15-10-13(18-19-15)12-6-4-3-5-7-12/h8-10,12H,3-7H2,1-2H3,(H2,17,18,19,21). The SMILES string of the molecule is Cc1ccc(C(=O)Nc2cc(C3CCCCC3)[nH]n2)n1C. The first-order valence-electron chi connectivity index (χ1n) is 7.64. The topological polar surface area (TPSA) is 62.7 Å². The number of aromatic amines is 1. The lowest BCUT2D eigenvalue weighted by Gasteiger charge is -2.19. The second-order valence-corrected chi connectivity index (χ2v) is 5.92. The molecule has 0 aliphatic heterocycles. The van der Waals surface area contributed by atoms with E-state index in [1.165, 1.54) is 32.1 Å². The van der Waals surface area contributed by atoms with Crippen molar-refractivity contribution < 1.29 is 4.79 Å². The molecule has 2 heterocycles. The molecule has 1 amide bonds. The molecule has 2 N–H and O–H groups in total. The fraction of sp³-hybridized carbons (Fsp3) is 0.500. The van der Waals surface area contributed by atoms with Crippen molar-refractivity contribution >= 4 is 11.7 Å². The van der Waals surface area contributed by atoms with Crippen LogP contribution >= 0.6 is 0 Å². The van der Waals surface area contributed by atoms with E-state index in [2.05, 4.69) is 15.5 Å². The number of carbonyl (C=O) groups is 1. The number of aromatic nitrogens is 3. The first-order chi connectivity index (χ1) is 10.1. The highest BCUT2D eigenvalue weighted by atomic mass is 16.2. The van der Waals surface area contributed by atoms with Crippen molar-refractivity contribution in [1.29, 1.82) is 0 Å². The van der Waals surface area contributed by atoms with E-state index < -0.39 is 0 Å². The summed E-state index contributed by atoms with van der Waals surface area (Å²) in [6.07, 6.45) is 6.34. The van der Waals surface area contributed by atoms with Crippen LogP contribution in [0.1, 0.15) is 59.9 Å². The molecule has 3 rings (SSSR count). The fourth-order valence-corrected chi connectivity index (χ4v) is 3.04. The van der Waals surface area contributed by atoms with Gasteiger partial charge in [0.25, 0.3) is 5.91 Å². The minimum atomic E-state index is -0.118. The molecule has 1 aliphatic rings. The summed E-state index contributed by atoms with van der Waals surface area (Å²) in [5, 5.41) is 10.2. The summed E-state index contributed by atoms with van der Waals surface area (Å²) in [6, 6.07) is 5.75. The molecule has 0 unspecified atom stereocenters. The van der Waals surface area contributed by atoms with Crippen LogP contribution < -0.4 is 5.32 Å². The molecule has 0 radical (unpaired) electrons. The normalized spacial score (nSPS) is 16.1. The summed E-state index contributed by atoms with van der Waals surface area (Å²) in [4.78, 5) is 12.2. The van der Waals surface area contributed by atoms with E-state index >= 15 is 0 Å². The van der Waals surface area contributed by atoms with Gasteiger partial charge in [-0.05, 0) is 31.9 Å². The van der Waals surface area contributed by atoms with Crippen LogP contribution in [0.5, 0.6) is 0 Å². The van der Waals surface area contributed by atoms with Gasteiger partial charge in [-0.1, -0.05) is 19.3 Å². The molecule has 0 saturated heterocycles. The van der Waals surface area contributed by atoms with Crippen LogP contribution in [0.15, 0.2) is 18.2 Å². The quantitative estimate of drug-likeness (QED) is 0.908. The summed E-state index contributed by atoms with van der Waals surface area (Å²) < 4.78 is 1.88. The van der Waals surface area contributed by atoms with Crippen LogP contribution in [0.4, 0.5) is 5.82 Å². The van der Waals surface area contributed by atoms with Crippen LogP contribution in [0, 0.1) is 6.92 Å². The van der Waals surface area contributed by atoms with Crippen LogP contribution in [0.3, 0.4) is 0 Å². The van der Waals surface area contributed by atoms with E-state index in [4.69, 9.17) is 0 Å². The third kappa shape index (κ3) is 2.86. The van der Waals surface area contributed by atoms with Gasteiger partial charge >= 0.3 is 0 Å². The van der Waals surface area contributed by atoms with Gasteiger partial charge < -0.3 is 9.88 Å². The molecule has 0 spiro atoms. The van der Waals surface area contributed by atoms with Crippen LogP contribution in [-0.2, 0) is 7.05 Å². The van der Waals surface area contributed by atoms with Gasteiger partial charge in [0.05, 0.1) is 0 Å².